The Kier molecular flexibility index (Phi) is 20.4. The maximum atomic E-state index is 13.5. The van der Waals surface area contributed by atoms with E-state index in [9.17, 15) is 14.4 Å². The van der Waals surface area contributed by atoms with Crippen LogP contribution < -0.4 is 14.2 Å². The summed E-state index contributed by atoms with van der Waals surface area (Å²) in [5.74, 6) is 2.37. The first-order valence-electron chi connectivity index (χ1n) is 28.5. The van der Waals surface area contributed by atoms with Gasteiger partial charge in [0.2, 0.25) is 17.6 Å². The predicted molar refractivity (Wildman–Crippen MR) is 334 cm³/mol. The molecule has 0 spiro atoms. The fourth-order valence-electron chi connectivity index (χ4n) is 10.6. The zero-order chi connectivity index (χ0) is 61.0. The second kappa shape index (κ2) is 28.8. The molecule has 0 N–H and O–H groups in total. The fourth-order valence-corrected chi connectivity index (χ4v) is 11.3. The van der Waals surface area contributed by atoms with E-state index in [4.69, 9.17) is 14.2 Å². The summed E-state index contributed by atoms with van der Waals surface area (Å²) in [5.41, 5.74) is 4.40. The molecule has 0 saturated carbocycles. The summed E-state index contributed by atoms with van der Waals surface area (Å²) >= 11 is 10.1. The number of aryl methyl sites for hydroxylation is 2. The van der Waals surface area contributed by atoms with E-state index < -0.39 is 0 Å². The van der Waals surface area contributed by atoms with Crippen molar-refractivity contribution in [3.8, 4) is 40.5 Å². The Morgan fingerprint density at radius 3 is 1.43 bits per heavy atom. The molecule has 1 aromatic carbocycles. The molecule has 22 nitrogen and oxygen atoms in total. The molecule has 3 amide bonds. The number of pyridine rings is 5. The van der Waals surface area contributed by atoms with E-state index in [1.54, 1.807) is 68.0 Å². The summed E-state index contributed by atoms with van der Waals surface area (Å²) < 4.78 is 21.0. The molecule has 87 heavy (non-hydrogen) atoms. The van der Waals surface area contributed by atoms with E-state index in [0.29, 0.717) is 71.4 Å². The van der Waals surface area contributed by atoms with Gasteiger partial charge in [0, 0.05) is 99.7 Å². The van der Waals surface area contributed by atoms with E-state index in [0.717, 1.165) is 68.8 Å². The molecule has 0 radical (unpaired) electrons. The van der Waals surface area contributed by atoms with Crippen LogP contribution in [0, 0.1) is 13.8 Å². The Morgan fingerprint density at radius 2 is 0.943 bits per heavy atom. The first-order chi connectivity index (χ1) is 42.2. The molecule has 0 unspecified atom stereocenters. The third kappa shape index (κ3) is 15.2. The molecular weight excluding hydrogens is 1300 g/mol. The second-order valence-corrected chi connectivity index (χ2v) is 23.8. The molecule has 12 rings (SSSR count). The summed E-state index contributed by atoms with van der Waals surface area (Å²) in [7, 11) is 0. The van der Waals surface area contributed by atoms with Crippen molar-refractivity contribution in [2.24, 2.45) is 0 Å². The minimum Gasteiger partial charge on any atom is -0.472 e. The minimum atomic E-state index is -0.148. The van der Waals surface area contributed by atoms with Gasteiger partial charge in [-0.1, -0.05) is 18.2 Å². The molecule has 3 fully saturated rings. The maximum absolute atomic E-state index is 13.5. The van der Waals surface area contributed by atoms with Crippen LogP contribution in [0.5, 0.6) is 17.6 Å². The van der Waals surface area contributed by atoms with Gasteiger partial charge in [-0.25, -0.2) is 34.9 Å². The van der Waals surface area contributed by atoms with Crippen LogP contribution in [-0.4, -0.2) is 153 Å². The average molecular weight is 1370 g/mol. The summed E-state index contributed by atoms with van der Waals surface area (Å²) in [6.07, 6.45) is 21.3. The second-order valence-electron chi connectivity index (χ2n) is 21.0. The number of amides is 3. The Balaban J connectivity index is 0.000000144. The molecule has 25 heteroatoms. The van der Waals surface area contributed by atoms with Gasteiger partial charge in [-0.05, 0) is 175 Å². The summed E-state index contributed by atoms with van der Waals surface area (Å²) in [6.45, 7) is 11.8. The monoisotopic (exact) mass is 1360 g/mol. The molecule has 6 atom stereocenters. The molecule has 3 aliphatic rings. The number of ether oxygens (including phenoxy) is 3. The van der Waals surface area contributed by atoms with E-state index in [1.807, 2.05) is 128 Å². The fraction of sp³-hybridized carbons (Fsp3) is 0.323. The van der Waals surface area contributed by atoms with Crippen LogP contribution in [0.15, 0.2) is 160 Å². The van der Waals surface area contributed by atoms with Crippen molar-refractivity contribution in [3.05, 3.63) is 188 Å². The van der Waals surface area contributed by atoms with Crippen molar-refractivity contribution in [3.63, 3.8) is 0 Å². The van der Waals surface area contributed by atoms with Crippen LogP contribution in [0.4, 0.5) is 0 Å². The third-order valence-corrected chi connectivity index (χ3v) is 16.5. The van der Waals surface area contributed by atoms with Crippen molar-refractivity contribution >= 4 is 65.5 Å². The first kappa shape index (κ1) is 61.7. The van der Waals surface area contributed by atoms with E-state index >= 15 is 0 Å². The largest absolute Gasteiger partial charge is 0.472 e. The number of aromatic nitrogens is 13. The standard InChI is InChI=1S/C22H21BrN4O2.2C20H21BrN6O2/c1-15-19(29-20-10-9-16(23)14-26-20)8-4-13-27(15)22(28)18-7-3-2-6-17(18)21-24-11-5-12-25-21;1-13-5-7-16(27-23-9-10-24-27)19(25-13)20(28)26-11-3-4-17(14(26)2)29-18-8-6-15(21)12-22-18;1-13-10-16(19(23-11-13)27-24-7-8-25-27)20(28)26-9-3-4-17(14(26)2)29-18-6-5-15(21)12-22-18/h2-3,5-7,9-12,14-15,19H,4,8,13H2,1H3;5-10,12,14,17H,3-4,11H2,1-2H3;5-8,10-12,14,17H,3-4,9H2,1-2H3/t15-,19+;2*14-,17+/m000/s1. The number of hydrogen-bond acceptors (Lipinski definition) is 17. The van der Waals surface area contributed by atoms with Crippen molar-refractivity contribution in [2.75, 3.05) is 19.6 Å². The van der Waals surface area contributed by atoms with Crippen LogP contribution in [-0.2, 0) is 0 Å². The van der Waals surface area contributed by atoms with Gasteiger partial charge in [-0.2, -0.15) is 20.4 Å². The van der Waals surface area contributed by atoms with Gasteiger partial charge in [-0.15, -0.1) is 9.59 Å². The van der Waals surface area contributed by atoms with Crippen molar-refractivity contribution in [2.45, 2.75) is 110 Å². The Morgan fingerprint density at radius 1 is 0.483 bits per heavy atom. The number of piperidine rings is 3. The highest BCUT2D eigenvalue weighted by molar-refractivity contribution is 9.11. The summed E-state index contributed by atoms with van der Waals surface area (Å²) in [5, 5.41) is 16.6. The van der Waals surface area contributed by atoms with Crippen LogP contribution in [0.3, 0.4) is 0 Å². The Labute approximate surface area is 528 Å². The topological polar surface area (TPSA) is 240 Å². The van der Waals surface area contributed by atoms with Gasteiger partial charge < -0.3 is 28.9 Å². The zero-order valence-electron chi connectivity index (χ0n) is 48.4. The lowest BCUT2D eigenvalue weighted by Crippen LogP contribution is -2.51. The quantitative estimate of drug-likeness (QED) is 0.110. The van der Waals surface area contributed by atoms with Crippen LogP contribution in [0.1, 0.15) is 102 Å². The summed E-state index contributed by atoms with van der Waals surface area (Å²) in [6, 6.07) is 25.6. The Hall–Kier alpha value is -8.42. The molecule has 0 bridgehead atoms. The third-order valence-electron chi connectivity index (χ3n) is 15.1. The number of carbonyl (C=O) groups excluding carboxylic acids is 3. The number of halogens is 3. The van der Waals surface area contributed by atoms with E-state index in [2.05, 4.69) is 103 Å². The number of likely N-dealkylation sites (tertiary alicyclic amines) is 3. The molecule has 3 saturated heterocycles. The SMILES string of the molecule is C[C@H]1[C@H](Oc2ccc(Br)cn2)CCCN1C(=O)c1ccccc1-c1ncccn1.Cc1ccc(-n2nccn2)c(C(=O)N2CCC[C@@H](Oc3ccc(Br)cn3)[C@@H]2C)n1.Cc1cnc(-n2nccn2)c(C(=O)N2CCC[C@@H](Oc3ccc(Br)cn3)[C@@H]2C)c1. The van der Waals surface area contributed by atoms with Gasteiger partial charge in [-0.3, -0.25) is 14.4 Å². The highest BCUT2D eigenvalue weighted by Gasteiger charge is 2.38. The maximum Gasteiger partial charge on any atom is 0.275 e. The zero-order valence-corrected chi connectivity index (χ0v) is 53.2. The smallest absolute Gasteiger partial charge is 0.275 e. The van der Waals surface area contributed by atoms with Crippen molar-refractivity contribution in [1.82, 2.24) is 79.6 Å². The molecule has 0 aliphatic carbocycles. The summed E-state index contributed by atoms with van der Waals surface area (Å²) in [4.78, 5) is 79.1. The number of nitrogens with zero attached hydrogens (tertiary/aromatic N) is 16. The van der Waals surface area contributed by atoms with Gasteiger partial charge >= 0.3 is 0 Å². The lowest BCUT2D eigenvalue weighted by molar-refractivity contribution is 0.0260. The van der Waals surface area contributed by atoms with Gasteiger partial charge in [0.25, 0.3) is 17.7 Å². The number of hydrogen-bond donors (Lipinski definition) is 0. The number of rotatable bonds is 12. The number of carbonyl (C=O) groups is 3. The highest BCUT2D eigenvalue weighted by atomic mass is 79.9. The minimum absolute atomic E-state index is 0.0300. The van der Waals surface area contributed by atoms with Crippen LogP contribution >= 0.6 is 47.8 Å². The van der Waals surface area contributed by atoms with Gasteiger partial charge in [0.15, 0.2) is 17.3 Å². The number of benzene rings is 1. The lowest BCUT2D eigenvalue weighted by Gasteiger charge is -2.39. The molecule has 448 valence electrons. The van der Waals surface area contributed by atoms with Crippen molar-refractivity contribution in [1.29, 1.82) is 0 Å². The predicted octanol–water partition coefficient (Wildman–Crippen LogP) is 10.8. The lowest BCUT2D eigenvalue weighted by atomic mass is 9.97. The molecule has 9 aromatic rings. The Bertz CT molecular complexity index is 3580. The normalized spacial score (nSPS) is 19.1. The molecule has 11 heterocycles. The van der Waals surface area contributed by atoms with Crippen molar-refractivity contribution < 1.29 is 28.6 Å². The highest BCUT2D eigenvalue weighted by Crippen LogP contribution is 2.31. The van der Waals surface area contributed by atoms with E-state index in [-0.39, 0.29) is 54.2 Å². The average Bonchev–Trinajstić information content (AvgIpc) is 3.82. The van der Waals surface area contributed by atoms with Gasteiger partial charge in [0.1, 0.15) is 24.0 Å². The molecule has 8 aromatic heterocycles. The van der Waals surface area contributed by atoms with E-state index in [1.165, 1.54) is 9.59 Å². The molecular formula is C62H63Br3N16O6. The van der Waals surface area contributed by atoms with Gasteiger partial charge in [0.05, 0.1) is 54.0 Å². The van der Waals surface area contributed by atoms with Crippen LogP contribution in [0.2, 0.25) is 0 Å². The first-order valence-corrected chi connectivity index (χ1v) is 30.9. The molecule has 3 aliphatic heterocycles. The van der Waals surface area contributed by atoms with Crippen LogP contribution in [0.25, 0.3) is 22.9 Å².